The Morgan fingerprint density at radius 1 is 0.710 bits per heavy atom. The molecule has 1 aliphatic rings. The van der Waals surface area contributed by atoms with Crippen LogP contribution in [0.25, 0.3) is 32.9 Å². The Morgan fingerprint density at radius 3 is 2.19 bits per heavy atom. The molecule has 0 radical (unpaired) electrons. The Labute approximate surface area is 208 Å². The lowest BCUT2D eigenvalue weighted by atomic mass is 10.1. The van der Waals surface area contributed by atoms with Gasteiger partial charge < -0.3 is 0 Å². The number of carbonyl (C=O) groups excluding carboxylic acids is 1. The number of fused-ring (bicyclic) bond motifs is 6. The molecular formula is C27H19I2NO. The van der Waals surface area contributed by atoms with Crippen LogP contribution in [-0.4, -0.2) is 10.5 Å². The number of para-hydroxylation sites is 1. The van der Waals surface area contributed by atoms with E-state index in [0.29, 0.717) is 0 Å². The summed E-state index contributed by atoms with van der Waals surface area (Å²) in [6.07, 6.45) is 1.10. The summed E-state index contributed by atoms with van der Waals surface area (Å²) in [5.41, 5.74) is 7.74. The number of carbonyl (C=O) groups is 1. The van der Waals surface area contributed by atoms with E-state index < -0.39 is 0 Å². The molecule has 6 rings (SSSR count). The first kappa shape index (κ1) is 20.7. The largest absolute Gasteiger partial charge is 0.280 e. The number of hydrogen-bond acceptors (Lipinski definition) is 1. The molecule has 5 aromatic rings. The summed E-state index contributed by atoms with van der Waals surface area (Å²) >= 11 is 4.67. The minimum Gasteiger partial charge on any atom is -0.280 e. The predicted octanol–water partition coefficient (Wildman–Crippen LogP) is 7.92. The average Bonchev–Trinajstić information content (AvgIpc) is 3.29. The molecule has 0 N–H and O–H groups in total. The van der Waals surface area contributed by atoms with E-state index in [1.54, 1.807) is 11.5 Å². The highest BCUT2D eigenvalue weighted by Crippen LogP contribution is 2.37. The molecule has 152 valence electrons. The maximum absolute atomic E-state index is 11.8. The summed E-state index contributed by atoms with van der Waals surface area (Å²) in [6, 6.07) is 29.6. The smallest absolute Gasteiger partial charge is 0.228 e. The lowest BCUT2D eigenvalue weighted by Crippen LogP contribution is -2.04. The quantitative estimate of drug-likeness (QED) is 0.157. The molecule has 0 bridgehead atoms. The standard InChI is InChI=1S/C14H10INO.C13H9I/c1-9(17)16-13-5-3-2-4-11(13)12-8-10(15)6-7-14(12)16;14-11-6-5-10-7-9-3-1-2-4-12(9)13(10)8-11/h2-8H,1H3;1-6,8H,7H2. The van der Waals surface area contributed by atoms with Crippen LogP contribution < -0.4 is 0 Å². The van der Waals surface area contributed by atoms with Gasteiger partial charge in [0.15, 0.2) is 0 Å². The molecule has 2 nitrogen and oxygen atoms in total. The number of halogens is 2. The molecular weight excluding hydrogens is 608 g/mol. The Hall–Kier alpha value is -2.19. The van der Waals surface area contributed by atoms with E-state index in [4.69, 9.17) is 0 Å². The number of nitrogens with zero attached hydrogens (tertiary/aromatic N) is 1. The Balaban J connectivity index is 0.000000134. The van der Waals surface area contributed by atoms with Gasteiger partial charge in [-0.05, 0) is 110 Å². The molecule has 0 saturated carbocycles. The lowest BCUT2D eigenvalue weighted by molar-refractivity contribution is 0.0946. The first-order chi connectivity index (χ1) is 15.0. The minimum absolute atomic E-state index is 0.0532. The topological polar surface area (TPSA) is 22.0 Å². The summed E-state index contributed by atoms with van der Waals surface area (Å²) < 4.78 is 4.28. The third-order valence-corrected chi connectivity index (χ3v) is 7.05. The van der Waals surface area contributed by atoms with Crippen molar-refractivity contribution in [3.63, 3.8) is 0 Å². The number of benzene rings is 4. The van der Waals surface area contributed by atoms with E-state index in [1.807, 2.05) is 30.3 Å². The molecule has 4 heteroatoms. The van der Waals surface area contributed by atoms with Gasteiger partial charge in [-0.1, -0.05) is 48.5 Å². The number of hydrogen-bond donors (Lipinski definition) is 0. The summed E-state index contributed by atoms with van der Waals surface area (Å²) in [5, 5.41) is 2.28. The number of aromatic nitrogens is 1. The zero-order valence-electron chi connectivity index (χ0n) is 16.9. The van der Waals surface area contributed by atoms with Crippen molar-refractivity contribution in [1.82, 2.24) is 4.57 Å². The molecule has 1 aliphatic carbocycles. The second-order valence-corrected chi connectivity index (χ2v) is 10.2. The second kappa shape index (κ2) is 8.39. The zero-order chi connectivity index (χ0) is 21.5. The van der Waals surface area contributed by atoms with Crippen LogP contribution in [0.3, 0.4) is 0 Å². The first-order valence-electron chi connectivity index (χ1n) is 10.1. The zero-order valence-corrected chi connectivity index (χ0v) is 21.2. The van der Waals surface area contributed by atoms with Crippen LogP contribution in [0.2, 0.25) is 0 Å². The van der Waals surface area contributed by atoms with Gasteiger partial charge in [0, 0.05) is 24.8 Å². The fourth-order valence-corrected chi connectivity index (χ4v) is 5.36. The van der Waals surface area contributed by atoms with Crippen LogP contribution in [0.5, 0.6) is 0 Å². The SMILES string of the molecule is CC(=O)n1c2ccccc2c2cc(I)ccc21.Ic1ccc2c(c1)-c1ccccc1C2. The van der Waals surface area contributed by atoms with E-state index in [1.165, 1.54) is 29.4 Å². The Morgan fingerprint density at radius 2 is 1.35 bits per heavy atom. The molecule has 0 amide bonds. The van der Waals surface area contributed by atoms with Crippen LogP contribution in [0.1, 0.15) is 22.8 Å². The highest BCUT2D eigenvalue weighted by Gasteiger charge is 2.17. The molecule has 0 spiro atoms. The van der Waals surface area contributed by atoms with Crippen molar-refractivity contribution in [3.8, 4) is 11.1 Å². The molecule has 0 saturated heterocycles. The van der Waals surface area contributed by atoms with Crippen molar-refractivity contribution in [3.05, 3.63) is 103 Å². The molecule has 0 unspecified atom stereocenters. The van der Waals surface area contributed by atoms with Gasteiger partial charge in [0.25, 0.3) is 0 Å². The summed E-state index contributed by atoms with van der Waals surface area (Å²) in [6.45, 7) is 1.60. The van der Waals surface area contributed by atoms with Crippen molar-refractivity contribution >= 4 is 72.9 Å². The van der Waals surface area contributed by atoms with Gasteiger partial charge in [-0.3, -0.25) is 9.36 Å². The van der Waals surface area contributed by atoms with Crippen LogP contribution in [-0.2, 0) is 6.42 Å². The Bertz CT molecular complexity index is 1470. The summed E-state index contributed by atoms with van der Waals surface area (Å²) in [4.78, 5) is 11.8. The third kappa shape index (κ3) is 3.80. The van der Waals surface area contributed by atoms with Gasteiger partial charge in [0.05, 0.1) is 11.0 Å². The van der Waals surface area contributed by atoms with E-state index >= 15 is 0 Å². The maximum Gasteiger partial charge on any atom is 0.228 e. The van der Waals surface area contributed by atoms with E-state index in [-0.39, 0.29) is 5.91 Å². The summed E-state index contributed by atoms with van der Waals surface area (Å²) in [7, 11) is 0. The highest BCUT2D eigenvalue weighted by atomic mass is 127. The van der Waals surface area contributed by atoms with Gasteiger partial charge in [-0.2, -0.15) is 0 Å². The van der Waals surface area contributed by atoms with Gasteiger partial charge in [-0.15, -0.1) is 0 Å². The van der Waals surface area contributed by atoms with Crippen molar-refractivity contribution in [2.75, 3.05) is 0 Å². The highest BCUT2D eigenvalue weighted by molar-refractivity contribution is 14.1. The van der Waals surface area contributed by atoms with Crippen LogP contribution >= 0.6 is 45.2 Å². The van der Waals surface area contributed by atoms with Gasteiger partial charge in [0.2, 0.25) is 5.91 Å². The van der Waals surface area contributed by atoms with Gasteiger partial charge in [-0.25, -0.2) is 0 Å². The van der Waals surface area contributed by atoms with Crippen molar-refractivity contribution in [1.29, 1.82) is 0 Å². The molecule has 31 heavy (non-hydrogen) atoms. The Kier molecular flexibility index (Phi) is 5.60. The first-order valence-corrected chi connectivity index (χ1v) is 12.2. The summed E-state index contributed by atoms with van der Waals surface area (Å²) in [5.74, 6) is 0.0532. The predicted molar refractivity (Wildman–Crippen MR) is 146 cm³/mol. The molecule has 1 heterocycles. The number of rotatable bonds is 0. The van der Waals surface area contributed by atoms with Crippen molar-refractivity contribution in [2.24, 2.45) is 0 Å². The minimum atomic E-state index is 0.0532. The molecule has 1 aromatic heterocycles. The maximum atomic E-state index is 11.8. The van der Waals surface area contributed by atoms with Crippen LogP contribution in [0.15, 0.2) is 84.9 Å². The fourth-order valence-electron chi connectivity index (χ4n) is 4.38. The third-order valence-electron chi connectivity index (χ3n) is 5.71. The van der Waals surface area contributed by atoms with Crippen molar-refractivity contribution in [2.45, 2.75) is 13.3 Å². The molecule has 4 aromatic carbocycles. The van der Waals surface area contributed by atoms with Gasteiger partial charge in [0.1, 0.15) is 0 Å². The normalized spacial score (nSPS) is 11.7. The van der Waals surface area contributed by atoms with E-state index in [2.05, 4.69) is 99.8 Å². The van der Waals surface area contributed by atoms with Crippen molar-refractivity contribution < 1.29 is 4.79 Å². The van der Waals surface area contributed by atoms with Crippen LogP contribution in [0, 0.1) is 7.14 Å². The monoisotopic (exact) mass is 627 g/mol. The van der Waals surface area contributed by atoms with E-state index in [0.717, 1.165) is 28.2 Å². The molecule has 0 aliphatic heterocycles. The van der Waals surface area contributed by atoms with Gasteiger partial charge >= 0.3 is 0 Å². The fraction of sp³-hybridized carbons (Fsp3) is 0.0741. The van der Waals surface area contributed by atoms with E-state index in [9.17, 15) is 4.79 Å². The molecule has 0 atom stereocenters. The lowest BCUT2D eigenvalue weighted by Gasteiger charge is -2.00. The second-order valence-electron chi connectivity index (χ2n) is 7.67. The van der Waals surface area contributed by atoms with Crippen LogP contribution in [0.4, 0.5) is 0 Å². The average molecular weight is 627 g/mol. The molecule has 0 fully saturated rings.